The van der Waals surface area contributed by atoms with Crippen molar-refractivity contribution < 1.29 is 32.5 Å². The third-order valence-corrected chi connectivity index (χ3v) is 11.9. The first-order chi connectivity index (χ1) is 25.9. The van der Waals surface area contributed by atoms with Crippen LogP contribution in [0.4, 0.5) is 19.4 Å². The molecule has 2 atom stereocenters. The summed E-state index contributed by atoms with van der Waals surface area (Å²) in [6.45, 7) is 10.9. The van der Waals surface area contributed by atoms with Crippen LogP contribution in [0.1, 0.15) is 71.8 Å². The molecule has 4 aliphatic rings. The maximum absolute atomic E-state index is 17.6. The molecule has 0 spiro atoms. The number of anilines is 1. The molecule has 1 aromatic heterocycles. The van der Waals surface area contributed by atoms with Crippen molar-refractivity contribution in [3.05, 3.63) is 52.6 Å². The summed E-state index contributed by atoms with van der Waals surface area (Å²) in [6, 6.07) is 8.10. The number of nitrogens with zero attached hydrogens (tertiary/aromatic N) is 5. The number of halogens is 3. The minimum atomic E-state index is -0.667. The quantitative estimate of drug-likeness (QED) is 0.156. The van der Waals surface area contributed by atoms with Crippen molar-refractivity contribution in [3.63, 3.8) is 0 Å². The molecule has 5 heterocycles. The SMILES string of the molecule is CCc1c(F)ccc2cc(OCOC)cc(-c3c(Cl)cc4c(N5CC6CCC(C5)N6C(=O)OC(C)(C)C)nc(OCC56CCCN5CCC6)nc4c3F)c12. The average Bonchev–Trinajstić information content (AvgIpc) is 3.79. The Kier molecular flexibility index (Phi) is 9.75. The predicted octanol–water partition coefficient (Wildman–Crippen LogP) is 8.52. The summed E-state index contributed by atoms with van der Waals surface area (Å²) in [5.74, 6) is -0.134. The molecule has 2 bridgehead atoms. The van der Waals surface area contributed by atoms with Crippen molar-refractivity contribution >= 4 is 45.2 Å². The molecule has 4 fully saturated rings. The summed E-state index contributed by atoms with van der Waals surface area (Å²) < 4.78 is 56.2. The number of carbonyl (C=O) groups is 1. The number of amides is 1. The van der Waals surface area contributed by atoms with Crippen molar-refractivity contribution in [2.75, 3.05) is 51.6 Å². The molecule has 13 heteroatoms. The van der Waals surface area contributed by atoms with Crippen LogP contribution in [-0.2, 0) is 15.9 Å². The van der Waals surface area contributed by atoms with E-state index < -0.39 is 11.4 Å². The number of hydrogen-bond donors (Lipinski definition) is 0. The number of methoxy groups -OCH3 is 1. The lowest BCUT2D eigenvalue weighted by Crippen LogP contribution is -2.57. The van der Waals surface area contributed by atoms with Gasteiger partial charge in [-0.05, 0) is 125 Å². The van der Waals surface area contributed by atoms with Gasteiger partial charge in [-0.2, -0.15) is 9.97 Å². The van der Waals surface area contributed by atoms with Gasteiger partial charge in [0.25, 0.3) is 0 Å². The largest absolute Gasteiger partial charge is 0.468 e. The molecule has 0 saturated carbocycles. The van der Waals surface area contributed by atoms with E-state index in [0.29, 0.717) is 65.0 Å². The number of ether oxygens (including phenoxy) is 4. The standard InChI is InChI=1S/C41H48ClF2N5O5/c1-6-28-32(43)12-9-24-17-27(53-23-51-5)18-29(33(24)28)34-31(42)19-30-36(35(34)44)45-38(52-22-41-13-7-15-48(41)16-8-14-41)46-37(30)47-20-25-10-11-26(21-47)49(25)39(50)54-40(2,3)4/h9,12,17-19,25-26H,6-8,10-11,13-16,20-23H2,1-5H3. The van der Waals surface area contributed by atoms with Gasteiger partial charge in [0.1, 0.15) is 35.1 Å². The van der Waals surface area contributed by atoms with Gasteiger partial charge in [0.05, 0.1) is 22.6 Å². The molecule has 2 unspecified atom stereocenters. The van der Waals surface area contributed by atoms with E-state index in [1.807, 2.05) is 32.6 Å². The Hall–Kier alpha value is -4.00. The summed E-state index contributed by atoms with van der Waals surface area (Å²) in [5, 5.41) is 1.77. The fourth-order valence-electron chi connectivity index (χ4n) is 9.30. The van der Waals surface area contributed by atoms with Gasteiger partial charge >= 0.3 is 12.1 Å². The number of hydrogen-bond acceptors (Lipinski definition) is 9. The van der Waals surface area contributed by atoms with E-state index in [4.69, 9.17) is 40.5 Å². The second-order valence-corrected chi connectivity index (χ2v) is 16.6. The highest BCUT2D eigenvalue weighted by Gasteiger charge is 2.46. The Morgan fingerprint density at radius 1 is 1.02 bits per heavy atom. The van der Waals surface area contributed by atoms with E-state index in [9.17, 15) is 4.79 Å². The van der Waals surface area contributed by atoms with Gasteiger partial charge in [0.15, 0.2) is 12.6 Å². The van der Waals surface area contributed by atoms with E-state index in [-0.39, 0.29) is 58.4 Å². The van der Waals surface area contributed by atoms with Crippen LogP contribution < -0.4 is 14.4 Å². The van der Waals surface area contributed by atoms with Crippen LogP contribution in [-0.4, -0.2) is 95.8 Å². The molecule has 0 aliphatic carbocycles. The van der Waals surface area contributed by atoms with Crippen molar-refractivity contribution in [2.24, 2.45) is 0 Å². The normalized spacial score (nSPS) is 21.0. The molecule has 4 aliphatic heterocycles. The van der Waals surface area contributed by atoms with Crippen LogP contribution >= 0.6 is 11.6 Å². The van der Waals surface area contributed by atoms with Crippen LogP contribution in [0.25, 0.3) is 32.8 Å². The molecule has 3 aromatic carbocycles. The first kappa shape index (κ1) is 36.9. The summed E-state index contributed by atoms with van der Waals surface area (Å²) >= 11 is 7.11. The number of aryl methyl sites for hydroxylation is 1. The molecule has 1 amide bonds. The maximum atomic E-state index is 17.6. The Balaban J connectivity index is 1.26. The molecule has 4 saturated heterocycles. The van der Waals surface area contributed by atoms with Gasteiger partial charge < -0.3 is 23.8 Å². The van der Waals surface area contributed by atoms with Crippen molar-refractivity contribution in [1.82, 2.24) is 19.8 Å². The number of aromatic nitrogens is 2. The average molecular weight is 764 g/mol. The highest BCUT2D eigenvalue weighted by atomic mass is 35.5. The van der Waals surface area contributed by atoms with Gasteiger partial charge in [-0.3, -0.25) is 9.80 Å². The van der Waals surface area contributed by atoms with E-state index in [1.165, 1.54) is 13.2 Å². The van der Waals surface area contributed by atoms with Crippen LogP contribution in [0.2, 0.25) is 5.02 Å². The van der Waals surface area contributed by atoms with Gasteiger partial charge in [-0.15, -0.1) is 0 Å². The Morgan fingerprint density at radius 2 is 1.74 bits per heavy atom. The molecule has 0 radical (unpaired) electrons. The zero-order chi connectivity index (χ0) is 37.9. The zero-order valence-corrected chi connectivity index (χ0v) is 32.4. The topological polar surface area (TPSA) is 89.5 Å². The maximum Gasteiger partial charge on any atom is 0.410 e. The fourth-order valence-corrected chi connectivity index (χ4v) is 9.60. The minimum absolute atomic E-state index is 0.0277. The molecule has 8 rings (SSSR count). The number of piperazine rings is 1. The van der Waals surface area contributed by atoms with E-state index in [0.717, 1.165) is 51.6 Å². The monoisotopic (exact) mass is 763 g/mol. The van der Waals surface area contributed by atoms with E-state index in [1.54, 1.807) is 24.3 Å². The minimum Gasteiger partial charge on any atom is -0.468 e. The van der Waals surface area contributed by atoms with Crippen LogP contribution in [0, 0.1) is 11.6 Å². The summed E-state index contributed by atoms with van der Waals surface area (Å²) in [5.41, 5.74) is 0.264. The zero-order valence-electron chi connectivity index (χ0n) is 31.6. The van der Waals surface area contributed by atoms with Crippen LogP contribution in [0.15, 0.2) is 30.3 Å². The first-order valence-electron chi connectivity index (χ1n) is 19.1. The highest BCUT2D eigenvalue weighted by molar-refractivity contribution is 6.35. The molecule has 0 N–H and O–H groups in total. The summed E-state index contributed by atoms with van der Waals surface area (Å²) in [4.78, 5) is 29.5. The number of rotatable bonds is 9. The molecule has 10 nitrogen and oxygen atoms in total. The van der Waals surface area contributed by atoms with Gasteiger partial charge in [0.2, 0.25) is 0 Å². The molecule has 4 aromatic rings. The highest BCUT2D eigenvalue weighted by Crippen LogP contribution is 2.45. The summed E-state index contributed by atoms with van der Waals surface area (Å²) in [6.07, 6.45) is 5.96. The Labute approximate surface area is 319 Å². The first-order valence-corrected chi connectivity index (χ1v) is 19.5. The third kappa shape index (κ3) is 6.57. The van der Waals surface area contributed by atoms with Crippen LogP contribution in [0.3, 0.4) is 0 Å². The predicted molar refractivity (Wildman–Crippen MR) is 205 cm³/mol. The van der Waals surface area contributed by atoms with Gasteiger partial charge in [-0.1, -0.05) is 24.6 Å². The second-order valence-electron chi connectivity index (χ2n) is 16.2. The lowest BCUT2D eigenvalue weighted by molar-refractivity contribution is 0.0122. The second kappa shape index (κ2) is 14.3. The van der Waals surface area contributed by atoms with Crippen molar-refractivity contribution in [1.29, 1.82) is 0 Å². The Morgan fingerprint density at radius 3 is 2.41 bits per heavy atom. The molecular formula is C41H48ClF2N5O5. The Bertz CT molecular complexity index is 2090. The smallest absolute Gasteiger partial charge is 0.410 e. The van der Waals surface area contributed by atoms with Gasteiger partial charge in [-0.25, -0.2) is 13.6 Å². The number of carbonyl (C=O) groups excluding carboxylic acids is 1. The van der Waals surface area contributed by atoms with Crippen molar-refractivity contribution in [3.8, 4) is 22.9 Å². The molecule has 54 heavy (non-hydrogen) atoms. The van der Waals surface area contributed by atoms with Crippen molar-refractivity contribution in [2.45, 2.75) is 95.9 Å². The number of benzene rings is 3. The van der Waals surface area contributed by atoms with E-state index in [2.05, 4.69) is 9.80 Å². The third-order valence-electron chi connectivity index (χ3n) is 11.6. The lowest BCUT2D eigenvalue weighted by atomic mass is 9.92. The fraction of sp³-hybridized carbons (Fsp3) is 0.537. The van der Waals surface area contributed by atoms with E-state index >= 15 is 8.78 Å². The van der Waals surface area contributed by atoms with Gasteiger partial charge in [0, 0.05) is 31.1 Å². The molecule has 288 valence electrons. The summed E-state index contributed by atoms with van der Waals surface area (Å²) in [7, 11) is 1.52. The van der Waals surface area contributed by atoms with Crippen LogP contribution in [0.5, 0.6) is 11.8 Å². The molecular weight excluding hydrogens is 716 g/mol. The number of fused-ring (bicyclic) bond motifs is 5. The lowest BCUT2D eigenvalue weighted by Gasteiger charge is -2.42.